The number of benzene rings is 2. The minimum atomic E-state index is 0.798. The lowest BCUT2D eigenvalue weighted by molar-refractivity contribution is 0.258. The fraction of sp³-hybridized carbons (Fsp3) is 0.294. The summed E-state index contributed by atoms with van der Waals surface area (Å²) in [5, 5.41) is 0.798. The average Bonchev–Trinajstić information content (AvgIpc) is 2.44. The molecule has 0 unspecified atom stereocenters. The molecule has 0 aliphatic rings. The highest BCUT2D eigenvalue weighted by atomic mass is 79.9. The largest absolute Gasteiger partial charge is 0.398 e. The molecule has 112 valence electrons. The maximum Gasteiger partial charge on any atom is 0.0462 e. The molecule has 4 heteroatoms. The summed E-state index contributed by atoms with van der Waals surface area (Å²) in [6.45, 7) is 4.87. The van der Waals surface area contributed by atoms with Gasteiger partial charge in [-0.15, -0.1) is 0 Å². The number of anilines is 1. The first-order chi connectivity index (χ1) is 10.1. The van der Waals surface area contributed by atoms with Crippen LogP contribution in [0.4, 0.5) is 5.69 Å². The van der Waals surface area contributed by atoms with Gasteiger partial charge in [-0.1, -0.05) is 58.7 Å². The zero-order valence-electron chi connectivity index (χ0n) is 12.2. The Balaban J connectivity index is 2.14. The highest BCUT2D eigenvalue weighted by Gasteiger charge is 2.10. The van der Waals surface area contributed by atoms with E-state index in [4.69, 9.17) is 17.3 Å². The lowest BCUT2D eigenvalue weighted by Gasteiger charge is -2.23. The molecule has 0 amide bonds. The van der Waals surface area contributed by atoms with Crippen LogP contribution in [0.1, 0.15) is 24.5 Å². The Morgan fingerprint density at radius 2 is 1.81 bits per heavy atom. The quantitative estimate of drug-likeness (QED) is 0.720. The maximum absolute atomic E-state index is 6.33. The fourth-order valence-corrected chi connectivity index (χ4v) is 3.07. The van der Waals surface area contributed by atoms with Crippen LogP contribution in [0.15, 0.2) is 46.9 Å². The Kier molecular flexibility index (Phi) is 6.09. The predicted molar refractivity (Wildman–Crippen MR) is 94.4 cm³/mol. The van der Waals surface area contributed by atoms with Crippen molar-refractivity contribution in [3.63, 3.8) is 0 Å². The standard InChI is InChI=1S/C17H20BrClN2/c1-2-9-21(12-14-5-3-4-6-17(14)20)11-13-7-8-15(18)10-16(13)19/h3-8,10H,2,9,11-12,20H2,1H3. The number of hydrogen-bond acceptors (Lipinski definition) is 2. The molecule has 2 nitrogen and oxygen atoms in total. The third kappa shape index (κ3) is 4.73. The van der Waals surface area contributed by atoms with E-state index in [1.807, 2.05) is 30.3 Å². The molecule has 0 spiro atoms. The molecular weight excluding hydrogens is 348 g/mol. The summed E-state index contributed by atoms with van der Waals surface area (Å²) in [6.07, 6.45) is 1.10. The number of nitrogens with zero attached hydrogens (tertiary/aromatic N) is 1. The van der Waals surface area contributed by atoms with E-state index in [-0.39, 0.29) is 0 Å². The minimum Gasteiger partial charge on any atom is -0.398 e. The van der Waals surface area contributed by atoms with E-state index in [9.17, 15) is 0 Å². The van der Waals surface area contributed by atoms with Crippen LogP contribution in [-0.2, 0) is 13.1 Å². The number of halogens is 2. The van der Waals surface area contributed by atoms with Crippen LogP contribution in [0.5, 0.6) is 0 Å². The second kappa shape index (κ2) is 7.83. The molecule has 0 saturated heterocycles. The Hall–Kier alpha value is -1.03. The van der Waals surface area contributed by atoms with Gasteiger partial charge in [-0.3, -0.25) is 4.90 Å². The molecule has 0 aliphatic carbocycles. The molecule has 0 fully saturated rings. The van der Waals surface area contributed by atoms with Crippen LogP contribution in [0, 0.1) is 0 Å². The number of para-hydroxylation sites is 1. The second-order valence-corrected chi connectivity index (χ2v) is 6.47. The van der Waals surface area contributed by atoms with Gasteiger partial charge in [-0.2, -0.15) is 0 Å². The molecule has 0 atom stereocenters. The molecule has 0 heterocycles. The zero-order chi connectivity index (χ0) is 15.2. The molecular formula is C17H20BrClN2. The van der Waals surface area contributed by atoms with Gasteiger partial charge in [-0.25, -0.2) is 0 Å². The first-order valence-corrected chi connectivity index (χ1v) is 8.27. The smallest absolute Gasteiger partial charge is 0.0462 e. The molecule has 0 bridgehead atoms. The normalized spacial score (nSPS) is 11.0. The van der Waals surface area contributed by atoms with Crippen LogP contribution in [0.3, 0.4) is 0 Å². The first kappa shape index (κ1) is 16.3. The Morgan fingerprint density at radius 1 is 1.10 bits per heavy atom. The van der Waals surface area contributed by atoms with Gasteiger partial charge in [0, 0.05) is 28.3 Å². The van der Waals surface area contributed by atoms with Gasteiger partial charge in [0.1, 0.15) is 0 Å². The highest BCUT2D eigenvalue weighted by molar-refractivity contribution is 9.10. The summed E-state index contributed by atoms with van der Waals surface area (Å²) in [4.78, 5) is 2.38. The summed E-state index contributed by atoms with van der Waals surface area (Å²) in [7, 11) is 0. The zero-order valence-corrected chi connectivity index (χ0v) is 14.5. The summed E-state index contributed by atoms with van der Waals surface area (Å²) in [5.74, 6) is 0. The van der Waals surface area contributed by atoms with Crippen molar-refractivity contribution < 1.29 is 0 Å². The van der Waals surface area contributed by atoms with E-state index in [1.54, 1.807) is 0 Å². The number of nitrogens with two attached hydrogens (primary N) is 1. The van der Waals surface area contributed by atoms with E-state index in [0.29, 0.717) is 0 Å². The SMILES string of the molecule is CCCN(Cc1ccccc1N)Cc1ccc(Br)cc1Cl. The molecule has 0 aromatic heterocycles. The summed E-state index contributed by atoms with van der Waals surface area (Å²) < 4.78 is 1.01. The second-order valence-electron chi connectivity index (χ2n) is 5.15. The van der Waals surface area contributed by atoms with E-state index >= 15 is 0 Å². The molecule has 2 rings (SSSR count). The fourth-order valence-electron chi connectivity index (χ4n) is 2.34. The molecule has 2 aromatic rings. The van der Waals surface area contributed by atoms with E-state index in [1.165, 1.54) is 5.56 Å². The van der Waals surface area contributed by atoms with Crippen molar-refractivity contribution in [2.24, 2.45) is 0 Å². The summed E-state index contributed by atoms with van der Waals surface area (Å²) >= 11 is 9.77. The van der Waals surface area contributed by atoms with Gasteiger partial charge in [-0.05, 0) is 42.3 Å². The maximum atomic E-state index is 6.33. The van der Waals surface area contributed by atoms with Crippen molar-refractivity contribution in [1.82, 2.24) is 4.90 Å². The van der Waals surface area contributed by atoms with Gasteiger partial charge in [0.15, 0.2) is 0 Å². The molecule has 0 saturated carbocycles. The highest BCUT2D eigenvalue weighted by Crippen LogP contribution is 2.24. The molecule has 2 N–H and O–H groups in total. The van der Waals surface area contributed by atoms with Crippen molar-refractivity contribution in [1.29, 1.82) is 0 Å². The van der Waals surface area contributed by atoms with E-state index in [2.05, 4.69) is 39.9 Å². The van der Waals surface area contributed by atoms with Crippen molar-refractivity contribution in [2.45, 2.75) is 26.4 Å². The van der Waals surface area contributed by atoms with Crippen LogP contribution in [0.25, 0.3) is 0 Å². The van der Waals surface area contributed by atoms with Gasteiger partial charge in [0.25, 0.3) is 0 Å². The molecule has 0 aliphatic heterocycles. The Morgan fingerprint density at radius 3 is 2.48 bits per heavy atom. The van der Waals surface area contributed by atoms with Crippen LogP contribution in [-0.4, -0.2) is 11.4 Å². The molecule has 21 heavy (non-hydrogen) atoms. The van der Waals surface area contributed by atoms with Crippen LogP contribution >= 0.6 is 27.5 Å². The van der Waals surface area contributed by atoms with Crippen molar-refractivity contribution in [3.8, 4) is 0 Å². The summed E-state index contributed by atoms with van der Waals surface area (Å²) in [6, 6.07) is 14.1. The number of nitrogen functional groups attached to an aromatic ring is 1. The molecule has 2 aromatic carbocycles. The van der Waals surface area contributed by atoms with Crippen molar-refractivity contribution in [3.05, 3.63) is 63.1 Å². The average molecular weight is 368 g/mol. The number of hydrogen-bond donors (Lipinski definition) is 1. The third-order valence-corrected chi connectivity index (χ3v) is 4.24. The van der Waals surface area contributed by atoms with Gasteiger partial charge >= 0.3 is 0 Å². The van der Waals surface area contributed by atoms with E-state index < -0.39 is 0 Å². The molecule has 0 radical (unpaired) electrons. The topological polar surface area (TPSA) is 29.3 Å². The Bertz CT molecular complexity index is 601. The lowest BCUT2D eigenvalue weighted by atomic mass is 10.1. The van der Waals surface area contributed by atoms with Crippen LogP contribution < -0.4 is 5.73 Å². The van der Waals surface area contributed by atoms with Gasteiger partial charge in [0.2, 0.25) is 0 Å². The van der Waals surface area contributed by atoms with Crippen LogP contribution in [0.2, 0.25) is 5.02 Å². The van der Waals surface area contributed by atoms with Gasteiger partial charge < -0.3 is 5.73 Å². The van der Waals surface area contributed by atoms with E-state index in [0.717, 1.165) is 46.8 Å². The van der Waals surface area contributed by atoms with Crippen molar-refractivity contribution in [2.75, 3.05) is 12.3 Å². The monoisotopic (exact) mass is 366 g/mol. The number of rotatable bonds is 6. The Labute approximate surface area is 140 Å². The minimum absolute atomic E-state index is 0.798. The first-order valence-electron chi connectivity index (χ1n) is 7.09. The summed E-state index contributed by atoms with van der Waals surface area (Å²) in [5.41, 5.74) is 9.20. The van der Waals surface area contributed by atoms with Crippen molar-refractivity contribution >= 4 is 33.2 Å². The van der Waals surface area contributed by atoms with Gasteiger partial charge in [0.05, 0.1) is 0 Å². The third-order valence-electron chi connectivity index (χ3n) is 3.40. The predicted octanol–water partition coefficient (Wildman–Crippen LogP) is 5.10. The lowest BCUT2D eigenvalue weighted by Crippen LogP contribution is -2.24.